The standard InChI is InChI=1S/C12H15N3O3S/c1-18-12(17)9-10(14)8(5-13)19-11(9)15-4-2-3-7(16)6-15/h7,16H,2-4,6,14H2,1H3. The van der Waals surface area contributed by atoms with Crippen LogP contribution in [0.2, 0.25) is 0 Å². The first kappa shape index (κ1) is 13.6. The van der Waals surface area contributed by atoms with Crippen LogP contribution in [-0.2, 0) is 4.74 Å². The Kier molecular flexibility index (Phi) is 3.93. The van der Waals surface area contributed by atoms with Crippen molar-refractivity contribution in [1.82, 2.24) is 0 Å². The molecule has 0 aromatic carbocycles. The highest BCUT2D eigenvalue weighted by molar-refractivity contribution is 7.17. The molecule has 1 aromatic heterocycles. The number of piperidine rings is 1. The van der Waals surface area contributed by atoms with Crippen molar-refractivity contribution in [1.29, 1.82) is 5.26 Å². The molecule has 0 spiro atoms. The quantitative estimate of drug-likeness (QED) is 0.783. The predicted octanol–water partition coefficient (Wildman–Crippen LogP) is 0.950. The largest absolute Gasteiger partial charge is 0.465 e. The first-order valence-corrected chi connectivity index (χ1v) is 6.73. The number of hydrogen-bond acceptors (Lipinski definition) is 7. The first-order valence-electron chi connectivity index (χ1n) is 5.92. The van der Waals surface area contributed by atoms with Gasteiger partial charge in [0.1, 0.15) is 21.5 Å². The molecule has 6 nitrogen and oxygen atoms in total. The van der Waals surface area contributed by atoms with Crippen molar-refractivity contribution in [2.24, 2.45) is 0 Å². The Bertz CT molecular complexity index is 535. The molecule has 0 aliphatic carbocycles. The number of anilines is 2. The lowest BCUT2D eigenvalue weighted by Gasteiger charge is -2.31. The number of thiophene rings is 1. The highest BCUT2D eigenvalue weighted by atomic mass is 32.1. The Balaban J connectivity index is 2.44. The van der Waals surface area contributed by atoms with Crippen LogP contribution in [0.5, 0.6) is 0 Å². The zero-order valence-corrected chi connectivity index (χ0v) is 11.4. The van der Waals surface area contributed by atoms with E-state index < -0.39 is 12.1 Å². The topological polar surface area (TPSA) is 99.6 Å². The number of carbonyl (C=O) groups is 1. The summed E-state index contributed by atoms with van der Waals surface area (Å²) in [6, 6.07) is 1.98. The Labute approximate surface area is 115 Å². The number of nitrogens with two attached hydrogens (primary N) is 1. The number of aliphatic hydroxyl groups excluding tert-OH is 1. The maximum Gasteiger partial charge on any atom is 0.343 e. The third-order valence-electron chi connectivity index (χ3n) is 3.10. The number of hydrogen-bond donors (Lipinski definition) is 2. The van der Waals surface area contributed by atoms with E-state index >= 15 is 0 Å². The Morgan fingerprint density at radius 3 is 3.00 bits per heavy atom. The fraction of sp³-hybridized carbons (Fsp3) is 0.500. The summed E-state index contributed by atoms with van der Waals surface area (Å²) in [6.45, 7) is 1.17. The summed E-state index contributed by atoms with van der Waals surface area (Å²) < 4.78 is 4.72. The van der Waals surface area contributed by atoms with Gasteiger partial charge in [-0.2, -0.15) is 5.26 Å². The SMILES string of the molecule is COC(=O)c1c(N2CCCC(O)C2)sc(C#N)c1N. The zero-order valence-electron chi connectivity index (χ0n) is 10.5. The fourth-order valence-electron chi connectivity index (χ4n) is 2.18. The zero-order chi connectivity index (χ0) is 14.0. The number of aliphatic hydroxyl groups is 1. The molecule has 1 aliphatic heterocycles. The summed E-state index contributed by atoms with van der Waals surface area (Å²) in [4.78, 5) is 14.0. The summed E-state index contributed by atoms with van der Waals surface area (Å²) in [5.41, 5.74) is 6.23. The van der Waals surface area contributed by atoms with Crippen LogP contribution in [0.15, 0.2) is 0 Å². The van der Waals surface area contributed by atoms with E-state index in [1.165, 1.54) is 18.4 Å². The number of ether oxygens (including phenoxy) is 1. The molecule has 19 heavy (non-hydrogen) atoms. The summed E-state index contributed by atoms with van der Waals surface area (Å²) in [5.74, 6) is -0.551. The summed E-state index contributed by atoms with van der Waals surface area (Å²) >= 11 is 1.17. The molecule has 2 rings (SSSR count). The fourth-order valence-corrected chi connectivity index (χ4v) is 3.22. The summed E-state index contributed by atoms with van der Waals surface area (Å²) in [6.07, 6.45) is 1.16. The van der Waals surface area contributed by atoms with Crippen LogP contribution < -0.4 is 10.6 Å². The summed E-state index contributed by atoms with van der Waals surface area (Å²) in [5, 5.41) is 19.3. The van der Waals surface area contributed by atoms with Crippen molar-refractivity contribution in [3.05, 3.63) is 10.4 Å². The number of β-amino-alcohol motifs (C(OH)–C–C–N with tert-alkyl or cyclic N) is 1. The van der Waals surface area contributed by atoms with E-state index in [0.717, 1.165) is 19.4 Å². The van der Waals surface area contributed by atoms with Gasteiger partial charge in [0.2, 0.25) is 0 Å². The molecule has 0 amide bonds. The second-order valence-electron chi connectivity index (χ2n) is 4.37. The lowest BCUT2D eigenvalue weighted by molar-refractivity contribution is 0.0602. The Hall–Kier alpha value is -1.78. The number of nitrogen functional groups attached to an aromatic ring is 1. The van der Waals surface area contributed by atoms with Crippen molar-refractivity contribution in [2.75, 3.05) is 30.8 Å². The molecular weight excluding hydrogens is 266 g/mol. The number of nitriles is 1. The third-order valence-corrected chi connectivity index (χ3v) is 4.27. The van der Waals surface area contributed by atoms with Crippen molar-refractivity contribution in [2.45, 2.75) is 18.9 Å². The average Bonchev–Trinajstić information content (AvgIpc) is 2.75. The normalized spacial score (nSPS) is 19.0. The smallest absolute Gasteiger partial charge is 0.343 e. The van der Waals surface area contributed by atoms with Gasteiger partial charge in [-0.3, -0.25) is 0 Å². The molecule has 102 valence electrons. The first-order chi connectivity index (χ1) is 9.08. The number of rotatable bonds is 2. The van der Waals surface area contributed by atoms with E-state index in [4.69, 9.17) is 15.7 Å². The highest BCUT2D eigenvalue weighted by Crippen LogP contribution is 2.39. The van der Waals surface area contributed by atoms with E-state index in [2.05, 4.69) is 0 Å². The number of esters is 1. The third kappa shape index (κ3) is 2.50. The Morgan fingerprint density at radius 1 is 1.68 bits per heavy atom. The van der Waals surface area contributed by atoms with Crippen molar-refractivity contribution < 1.29 is 14.6 Å². The van der Waals surface area contributed by atoms with Crippen LogP contribution in [0.25, 0.3) is 0 Å². The molecule has 1 fully saturated rings. The number of nitrogens with zero attached hydrogens (tertiary/aromatic N) is 2. The van der Waals surface area contributed by atoms with E-state index in [-0.39, 0.29) is 11.3 Å². The van der Waals surface area contributed by atoms with Gasteiger partial charge in [-0.25, -0.2) is 4.79 Å². The molecule has 0 bridgehead atoms. The molecule has 0 radical (unpaired) electrons. The molecule has 2 heterocycles. The molecule has 0 saturated carbocycles. The minimum atomic E-state index is -0.551. The van der Waals surface area contributed by atoms with Gasteiger partial charge in [0.25, 0.3) is 0 Å². The lowest BCUT2D eigenvalue weighted by atomic mass is 10.1. The molecular formula is C12H15N3O3S. The number of methoxy groups -OCH3 is 1. The van der Waals surface area contributed by atoms with E-state index in [0.29, 0.717) is 16.4 Å². The predicted molar refractivity (Wildman–Crippen MR) is 72.2 cm³/mol. The van der Waals surface area contributed by atoms with Crippen LogP contribution in [-0.4, -0.2) is 37.4 Å². The molecule has 3 N–H and O–H groups in total. The van der Waals surface area contributed by atoms with Crippen LogP contribution in [0.4, 0.5) is 10.7 Å². The van der Waals surface area contributed by atoms with Gasteiger partial charge in [-0.05, 0) is 12.8 Å². The lowest BCUT2D eigenvalue weighted by Crippen LogP contribution is -2.38. The second-order valence-corrected chi connectivity index (χ2v) is 5.37. The van der Waals surface area contributed by atoms with E-state index in [1.807, 2.05) is 11.0 Å². The van der Waals surface area contributed by atoms with Crippen molar-refractivity contribution in [3.63, 3.8) is 0 Å². The van der Waals surface area contributed by atoms with Gasteiger partial charge in [-0.1, -0.05) is 0 Å². The molecule has 7 heteroatoms. The van der Waals surface area contributed by atoms with Gasteiger partial charge in [0.05, 0.1) is 18.9 Å². The minimum Gasteiger partial charge on any atom is -0.465 e. The monoisotopic (exact) mass is 281 g/mol. The average molecular weight is 281 g/mol. The molecule has 1 aliphatic rings. The number of carbonyl (C=O) groups excluding carboxylic acids is 1. The van der Waals surface area contributed by atoms with Gasteiger partial charge in [0, 0.05) is 13.1 Å². The maximum atomic E-state index is 11.8. The Morgan fingerprint density at radius 2 is 2.42 bits per heavy atom. The summed E-state index contributed by atoms with van der Waals surface area (Å²) in [7, 11) is 1.28. The van der Waals surface area contributed by atoms with Crippen molar-refractivity contribution >= 4 is 28.0 Å². The van der Waals surface area contributed by atoms with Crippen LogP contribution in [0.3, 0.4) is 0 Å². The molecule has 1 unspecified atom stereocenters. The molecule has 1 saturated heterocycles. The van der Waals surface area contributed by atoms with Gasteiger partial charge in [-0.15, -0.1) is 11.3 Å². The minimum absolute atomic E-state index is 0.161. The maximum absolute atomic E-state index is 11.8. The van der Waals surface area contributed by atoms with E-state index in [9.17, 15) is 9.90 Å². The van der Waals surface area contributed by atoms with Crippen molar-refractivity contribution in [3.8, 4) is 6.07 Å². The van der Waals surface area contributed by atoms with Gasteiger partial charge < -0.3 is 20.5 Å². The second kappa shape index (κ2) is 5.47. The van der Waals surface area contributed by atoms with Gasteiger partial charge in [0.15, 0.2) is 0 Å². The van der Waals surface area contributed by atoms with Crippen LogP contribution in [0.1, 0.15) is 28.1 Å². The van der Waals surface area contributed by atoms with Crippen LogP contribution in [0, 0.1) is 11.3 Å². The molecule has 1 aromatic rings. The highest BCUT2D eigenvalue weighted by Gasteiger charge is 2.28. The van der Waals surface area contributed by atoms with Crippen LogP contribution >= 0.6 is 11.3 Å². The molecule has 1 atom stereocenters. The van der Waals surface area contributed by atoms with E-state index in [1.54, 1.807) is 0 Å². The van der Waals surface area contributed by atoms with Gasteiger partial charge >= 0.3 is 5.97 Å².